The van der Waals surface area contributed by atoms with Gasteiger partial charge in [0.15, 0.2) is 18.2 Å². The monoisotopic (exact) mass is 485 g/mol. The number of anilines is 2. The van der Waals surface area contributed by atoms with E-state index in [0.717, 1.165) is 27.2 Å². The maximum atomic E-state index is 11.9. The zero-order valence-corrected chi connectivity index (χ0v) is 20.0. The van der Waals surface area contributed by atoms with Crippen molar-refractivity contribution in [2.75, 3.05) is 11.9 Å². The minimum atomic E-state index is -0.169. The van der Waals surface area contributed by atoms with E-state index in [1.54, 1.807) is 17.8 Å². The second-order valence-electron chi connectivity index (χ2n) is 8.13. The Morgan fingerprint density at radius 3 is 2.71 bits per heavy atom. The fourth-order valence-corrected chi connectivity index (χ4v) is 4.17. The van der Waals surface area contributed by atoms with Gasteiger partial charge in [-0.3, -0.25) is 9.89 Å². The Labute approximate surface area is 205 Å². The van der Waals surface area contributed by atoms with E-state index in [0.29, 0.717) is 22.9 Å². The molecule has 0 aliphatic rings. The summed E-state index contributed by atoms with van der Waals surface area (Å²) in [7, 11) is 0. The molecule has 0 radical (unpaired) electrons. The van der Waals surface area contributed by atoms with Gasteiger partial charge < -0.3 is 15.4 Å². The summed E-state index contributed by atoms with van der Waals surface area (Å²) in [5.41, 5.74) is 6.20. The summed E-state index contributed by atoms with van der Waals surface area (Å²) in [5.74, 6) is 1.55. The highest BCUT2D eigenvalue weighted by atomic mass is 32.1. The Balaban J connectivity index is 1.39. The first kappa shape index (κ1) is 22.5. The number of fused-ring (bicyclic) bond motifs is 1. The third kappa shape index (κ3) is 5.28. The van der Waals surface area contributed by atoms with Crippen LogP contribution >= 0.6 is 11.3 Å². The van der Waals surface area contributed by atoms with Gasteiger partial charge in [-0.1, -0.05) is 24.3 Å². The van der Waals surface area contributed by atoms with Crippen LogP contribution in [0.2, 0.25) is 0 Å². The number of nitrogens with zero attached hydrogens (tertiary/aromatic N) is 4. The number of hydrogen-bond donors (Lipinski definition) is 3. The molecule has 9 nitrogen and oxygen atoms in total. The molecule has 2 aromatic carbocycles. The summed E-state index contributed by atoms with van der Waals surface area (Å²) < 4.78 is 5.67. The first-order chi connectivity index (χ1) is 17.0. The van der Waals surface area contributed by atoms with Crippen LogP contribution in [0.25, 0.3) is 32.9 Å². The van der Waals surface area contributed by atoms with Crippen molar-refractivity contribution in [3.63, 3.8) is 0 Å². The number of hydrogen-bond acceptors (Lipinski definition) is 8. The average Bonchev–Trinajstić information content (AvgIpc) is 3.56. The molecule has 3 N–H and O–H groups in total. The summed E-state index contributed by atoms with van der Waals surface area (Å²) >= 11 is 1.45. The van der Waals surface area contributed by atoms with Crippen LogP contribution in [0.3, 0.4) is 0 Å². The Hall–Kier alpha value is -4.31. The first-order valence-electron chi connectivity index (χ1n) is 11.1. The van der Waals surface area contributed by atoms with Crippen molar-refractivity contribution in [1.29, 1.82) is 0 Å². The molecule has 0 bridgehead atoms. The number of benzene rings is 2. The molecule has 0 fully saturated rings. The molecule has 0 saturated heterocycles. The number of nitrogens with one attached hydrogen (secondary N) is 3. The normalized spacial score (nSPS) is 11.1. The van der Waals surface area contributed by atoms with Crippen molar-refractivity contribution < 1.29 is 9.53 Å². The fraction of sp³-hybridized carbons (Fsp3) is 0.160. The van der Waals surface area contributed by atoms with E-state index in [1.165, 1.54) is 11.3 Å². The van der Waals surface area contributed by atoms with Gasteiger partial charge in [-0.25, -0.2) is 15.0 Å². The maximum absolute atomic E-state index is 11.9. The van der Waals surface area contributed by atoms with Crippen LogP contribution in [0.5, 0.6) is 5.75 Å². The molecule has 0 aliphatic heterocycles. The van der Waals surface area contributed by atoms with E-state index >= 15 is 0 Å². The number of carbonyl (C=O) groups excluding carboxylic acids is 1. The van der Waals surface area contributed by atoms with Crippen molar-refractivity contribution in [1.82, 2.24) is 30.5 Å². The molecule has 0 atom stereocenters. The van der Waals surface area contributed by atoms with Gasteiger partial charge in [0.25, 0.3) is 5.91 Å². The molecule has 0 aliphatic carbocycles. The number of amides is 1. The van der Waals surface area contributed by atoms with Crippen LogP contribution in [-0.2, 0) is 4.79 Å². The van der Waals surface area contributed by atoms with Crippen LogP contribution in [0.1, 0.15) is 13.8 Å². The lowest BCUT2D eigenvalue weighted by molar-refractivity contribution is -0.123. The van der Waals surface area contributed by atoms with Gasteiger partial charge >= 0.3 is 0 Å². The van der Waals surface area contributed by atoms with Gasteiger partial charge in [-0.15, -0.1) is 11.3 Å². The molecule has 0 spiro atoms. The van der Waals surface area contributed by atoms with Crippen LogP contribution in [0.15, 0.2) is 66.4 Å². The minimum absolute atomic E-state index is 0.0575. The van der Waals surface area contributed by atoms with Crippen LogP contribution < -0.4 is 15.4 Å². The maximum Gasteiger partial charge on any atom is 0.258 e. The van der Waals surface area contributed by atoms with E-state index in [4.69, 9.17) is 14.7 Å². The van der Waals surface area contributed by atoms with Crippen molar-refractivity contribution in [3.05, 3.63) is 66.4 Å². The minimum Gasteiger partial charge on any atom is -0.484 e. The molecule has 10 heteroatoms. The highest BCUT2D eigenvalue weighted by molar-refractivity contribution is 7.16. The Morgan fingerprint density at radius 2 is 1.94 bits per heavy atom. The molecule has 1 amide bonds. The lowest BCUT2D eigenvalue weighted by Gasteiger charge is -2.11. The SMILES string of the molecule is CC(C)NC(=O)COc1cccc(-c2nc(Nc3ccc(-c4cn[nH]c4)cc3)c3ncsc3n2)c1. The molecular formula is C25H23N7O2S. The zero-order valence-electron chi connectivity index (χ0n) is 19.1. The summed E-state index contributed by atoms with van der Waals surface area (Å²) in [6.45, 7) is 3.76. The second kappa shape index (κ2) is 9.90. The molecular weight excluding hydrogens is 462 g/mol. The molecule has 176 valence electrons. The highest BCUT2D eigenvalue weighted by Gasteiger charge is 2.13. The molecule has 35 heavy (non-hydrogen) atoms. The van der Waals surface area contributed by atoms with E-state index in [2.05, 4.69) is 25.8 Å². The number of carbonyl (C=O) groups is 1. The standard InChI is InChI=1S/C25H23N7O2S/c1-15(2)29-21(33)13-34-20-5-3-4-17(10-20)23-31-24(22-25(32-23)35-14-26-22)30-19-8-6-16(7-9-19)18-11-27-28-12-18/h3-12,14-15H,13H2,1-2H3,(H,27,28)(H,29,33)(H,30,31,32). The number of aromatic amines is 1. The van der Waals surface area contributed by atoms with Gasteiger partial charge in [0.2, 0.25) is 0 Å². The van der Waals surface area contributed by atoms with Crippen molar-refractivity contribution in [3.8, 4) is 28.3 Å². The molecule has 5 aromatic rings. The number of H-pyrrole nitrogens is 1. The van der Waals surface area contributed by atoms with Gasteiger partial charge in [0.1, 0.15) is 16.1 Å². The van der Waals surface area contributed by atoms with Crippen LogP contribution in [-0.4, -0.2) is 43.7 Å². The van der Waals surface area contributed by atoms with Crippen molar-refractivity contribution in [2.45, 2.75) is 19.9 Å². The fourth-order valence-electron chi connectivity index (χ4n) is 3.51. The smallest absolute Gasteiger partial charge is 0.258 e. The predicted octanol–water partition coefficient (Wildman–Crippen LogP) is 4.79. The van der Waals surface area contributed by atoms with E-state index in [1.807, 2.05) is 62.5 Å². The van der Waals surface area contributed by atoms with Gasteiger partial charge in [-0.05, 0) is 43.7 Å². The van der Waals surface area contributed by atoms with E-state index < -0.39 is 0 Å². The van der Waals surface area contributed by atoms with E-state index in [9.17, 15) is 4.79 Å². The van der Waals surface area contributed by atoms with Crippen molar-refractivity contribution in [2.24, 2.45) is 0 Å². The van der Waals surface area contributed by atoms with E-state index in [-0.39, 0.29) is 18.6 Å². The number of ether oxygens (including phenoxy) is 1. The predicted molar refractivity (Wildman–Crippen MR) is 137 cm³/mol. The Bertz CT molecular complexity index is 1450. The summed E-state index contributed by atoms with van der Waals surface area (Å²) in [5, 5.41) is 13.0. The molecule has 0 saturated carbocycles. The largest absolute Gasteiger partial charge is 0.484 e. The van der Waals surface area contributed by atoms with Gasteiger partial charge in [-0.2, -0.15) is 5.10 Å². The number of thiazole rings is 1. The summed E-state index contributed by atoms with van der Waals surface area (Å²) in [6, 6.07) is 15.5. The number of rotatable bonds is 8. The third-order valence-electron chi connectivity index (χ3n) is 5.09. The topological polar surface area (TPSA) is 118 Å². The van der Waals surface area contributed by atoms with Crippen LogP contribution in [0, 0.1) is 0 Å². The quantitative estimate of drug-likeness (QED) is 0.289. The Morgan fingerprint density at radius 1 is 1.09 bits per heavy atom. The summed E-state index contributed by atoms with van der Waals surface area (Å²) in [4.78, 5) is 26.6. The molecule has 3 heterocycles. The highest BCUT2D eigenvalue weighted by Crippen LogP contribution is 2.30. The molecule has 5 rings (SSSR count). The van der Waals surface area contributed by atoms with Gasteiger partial charge in [0.05, 0.1) is 11.7 Å². The summed E-state index contributed by atoms with van der Waals surface area (Å²) in [6.07, 6.45) is 3.64. The van der Waals surface area contributed by atoms with Crippen LogP contribution in [0.4, 0.5) is 11.5 Å². The van der Waals surface area contributed by atoms with Crippen molar-refractivity contribution >= 4 is 39.1 Å². The lowest BCUT2D eigenvalue weighted by atomic mass is 10.1. The van der Waals surface area contributed by atoms with Gasteiger partial charge in [0, 0.05) is 29.1 Å². The first-order valence-corrected chi connectivity index (χ1v) is 11.9. The zero-order chi connectivity index (χ0) is 24.2. The average molecular weight is 486 g/mol. The second-order valence-corrected chi connectivity index (χ2v) is 8.96. The third-order valence-corrected chi connectivity index (χ3v) is 5.81. The molecule has 0 unspecified atom stereocenters. The Kier molecular flexibility index (Phi) is 6.36. The molecule has 3 aromatic heterocycles. The number of aromatic nitrogens is 5. The lowest BCUT2D eigenvalue weighted by Crippen LogP contribution is -2.34.